The summed E-state index contributed by atoms with van der Waals surface area (Å²) in [5.74, 6) is -0.175. The van der Waals surface area contributed by atoms with Crippen LogP contribution in [0.5, 0.6) is 17.2 Å². The molecular weight excluding hydrogens is 349 g/mol. The maximum Gasteiger partial charge on any atom is 0.225 e. The molecule has 132 valence electrons. The second-order valence-electron chi connectivity index (χ2n) is 5.55. The zero-order valence-electron chi connectivity index (χ0n) is 14.0. The van der Waals surface area contributed by atoms with E-state index in [9.17, 15) is 9.18 Å². The van der Waals surface area contributed by atoms with Crippen molar-refractivity contribution in [3.05, 3.63) is 46.2 Å². The number of nitrogens with one attached hydrogen (secondary N) is 1. The van der Waals surface area contributed by atoms with Gasteiger partial charge in [0.15, 0.2) is 11.5 Å². The minimum absolute atomic E-state index is 0.0412. The first-order valence-electron chi connectivity index (χ1n) is 7.58. The molecule has 0 spiro atoms. The molecule has 0 bridgehead atoms. The molecule has 0 aliphatic carbocycles. The van der Waals surface area contributed by atoms with Gasteiger partial charge in [0.05, 0.1) is 27.0 Å². The molecular formula is C18H17ClFNO4. The number of carbonyl (C=O) groups is 1. The van der Waals surface area contributed by atoms with Crippen LogP contribution in [0.1, 0.15) is 23.5 Å². The van der Waals surface area contributed by atoms with Gasteiger partial charge < -0.3 is 19.5 Å². The van der Waals surface area contributed by atoms with Gasteiger partial charge in [-0.05, 0) is 12.1 Å². The van der Waals surface area contributed by atoms with Crippen molar-refractivity contribution < 1.29 is 23.4 Å². The highest BCUT2D eigenvalue weighted by molar-refractivity contribution is 6.31. The van der Waals surface area contributed by atoms with Gasteiger partial charge in [0, 0.05) is 34.6 Å². The molecule has 1 aliphatic rings. The van der Waals surface area contributed by atoms with Crippen LogP contribution in [0.4, 0.5) is 10.1 Å². The van der Waals surface area contributed by atoms with Crippen LogP contribution in [0.3, 0.4) is 0 Å². The van der Waals surface area contributed by atoms with Crippen molar-refractivity contribution in [1.29, 1.82) is 0 Å². The summed E-state index contributed by atoms with van der Waals surface area (Å²) >= 11 is 6.24. The van der Waals surface area contributed by atoms with E-state index >= 15 is 0 Å². The highest BCUT2D eigenvalue weighted by Crippen LogP contribution is 2.52. The van der Waals surface area contributed by atoms with E-state index in [1.807, 2.05) is 0 Å². The van der Waals surface area contributed by atoms with Crippen molar-refractivity contribution in [2.45, 2.75) is 12.3 Å². The minimum Gasteiger partial charge on any atom is -0.493 e. The lowest BCUT2D eigenvalue weighted by molar-refractivity contribution is -0.116. The van der Waals surface area contributed by atoms with E-state index in [2.05, 4.69) is 5.32 Å². The van der Waals surface area contributed by atoms with E-state index in [0.717, 1.165) is 0 Å². The van der Waals surface area contributed by atoms with Gasteiger partial charge in [-0.1, -0.05) is 17.7 Å². The van der Waals surface area contributed by atoms with Crippen LogP contribution in [-0.4, -0.2) is 27.2 Å². The van der Waals surface area contributed by atoms with E-state index in [-0.39, 0.29) is 22.9 Å². The first-order valence-corrected chi connectivity index (χ1v) is 7.96. The molecule has 0 aromatic heterocycles. The number of halogens is 2. The summed E-state index contributed by atoms with van der Waals surface area (Å²) in [5.41, 5.74) is 1.34. The number of hydrogen-bond acceptors (Lipinski definition) is 4. The molecule has 2 aromatic rings. The average Bonchev–Trinajstić information content (AvgIpc) is 2.59. The van der Waals surface area contributed by atoms with Gasteiger partial charge in [0.25, 0.3) is 0 Å². The first-order chi connectivity index (χ1) is 12.0. The Hall–Kier alpha value is -2.47. The smallest absolute Gasteiger partial charge is 0.225 e. The Morgan fingerprint density at radius 3 is 2.44 bits per heavy atom. The third-order valence-corrected chi connectivity index (χ3v) is 4.56. The lowest BCUT2D eigenvalue weighted by Gasteiger charge is -2.30. The van der Waals surface area contributed by atoms with E-state index < -0.39 is 11.7 Å². The van der Waals surface area contributed by atoms with E-state index in [4.69, 9.17) is 25.8 Å². The second-order valence-corrected chi connectivity index (χ2v) is 5.95. The van der Waals surface area contributed by atoms with Gasteiger partial charge in [-0.2, -0.15) is 0 Å². The summed E-state index contributed by atoms with van der Waals surface area (Å²) in [6.45, 7) is 0. The van der Waals surface area contributed by atoms with E-state index in [0.29, 0.717) is 28.5 Å². The molecule has 1 amide bonds. The summed E-state index contributed by atoms with van der Waals surface area (Å²) in [6, 6.07) is 6.08. The summed E-state index contributed by atoms with van der Waals surface area (Å²) in [4.78, 5) is 12.2. The molecule has 3 rings (SSSR count). The normalized spacial score (nSPS) is 16.0. The lowest BCUT2D eigenvalue weighted by atomic mass is 9.83. The predicted molar refractivity (Wildman–Crippen MR) is 92.6 cm³/mol. The van der Waals surface area contributed by atoms with Gasteiger partial charge in [-0.3, -0.25) is 4.79 Å². The van der Waals surface area contributed by atoms with E-state index in [1.165, 1.54) is 33.5 Å². The van der Waals surface area contributed by atoms with Crippen molar-refractivity contribution in [3.8, 4) is 17.2 Å². The number of carbonyl (C=O) groups excluding carboxylic acids is 1. The van der Waals surface area contributed by atoms with Crippen molar-refractivity contribution >= 4 is 23.2 Å². The van der Waals surface area contributed by atoms with Gasteiger partial charge in [-0.25, -0.2) is 4.39 Å². The van der Waals surface area contributed by atoms with Crippen LogP contribution in [-0.2, 0) is 4.79 Å². The Balaban J connectivity index is 2.32. The van der Waals surface area contributed by atoms with Gasteiger partial charge in [-0.15, -0.1) is 0 Å². The quantitative estimate of drug-likeness (QED) is 0.890. The van der Waals surface area contributed by atoms with E-state index in [1.54, 1.807) is 12.1 Å². The number of rotatable bonds is 4. The van der Waals surface area contributed by atoms with Crippen LogP contribution in [0.15, 0.2) is 24.3 Å². The van der Waals surface area contributed by atoms with Crippen LogP contribution >= 0.6 is 11.6 Å². The number of hydrogen-bond donors (Lipinski definition) is 1. The summed E-state index contributed by atoms with van der Waals surface area (Å²) in [5, 5.41) is 3.03. The van der Waals surface area contributed by atoms with Crippen LogP contribution in [0, 0.1) is 5.82 Å². The Morgan fingerprint density at radius 2 is 1.84 bits per heavy atom. The van der Waals surface area contributed by atoms with Gasteiger partial charge >= 0.3 is 0 Å². The number of fused-ring (bicyclic) bond motifs is 1. The average molecular weight is 366 g/mol. The maximum absolute atomic E-state index is 14.5. The largest absolute Gasteiger partial charge is 0.493 e. The number of methoxy groups -OCH3 is 3. The molecule has 1 atom stereocenters. The summed E-state index contributed by atoms with van der Waals surface area (Å²) < 4.78 is 30.7. The van der Waals surface area contributed by atoms with Crippen molar-refractivity contribution in [1.82, 2.24) is 0 Å². The lowest BCUT2D eigenvalue weighted by Crippen LogP contribution is -2.25. The van der Waals surface area contributed by atoms with Crippen LogP contribution < -0.4 is 19.5 Å². The second kappa shape index (κ2) is 6.80. The number of ether oxygens (including phenoxy) is 3. The summed E-state index contributed by atoms with van der Waals surface area (Å²) in [6.07, 6.45) is 0.0412. The minimum atomic E-state index is -0.604. The molecule has 7 heteroatoms. The number of benzene rings is 2. The third kappa shape index (κ3) is 2.87. The molecule has 5 nitrogen and oxygen atoms in total. The Bertz CT molecular complexity index is 820. The first kappa shape index (κ1) is 17.4. The molecule has 0 radical (unpaired) electrons. The van der Waals surface area contributed by atoms with Crippen LogP contribution in [0.2, 0.25) is 5.02 Å². The third-order valence-electron chi connectivity index (χ3n) is 4.23. The predicted octanol–water partition coefficient (Wildman–Crippen LogP) is 3.98. The van der Waals surface area contributed by atoms with Gasteiger partial charge in [0.2, 0.25) is 11.7 Å². The molecule has 0 unspecified atom stereocenters. The molecule has 0 saturated heterocycles. The molecule has 0 saturated carbocycles. The molecule has 1 heterocycles. The van der Waals surface area contributed by atoms with Crippen molar-refractivity contribution in [2.75, 3.05) is 26.6 Å². The number of anilines is 1. The SMILES string of the molecule is COc1cc2c(c(OC)c1OC)[C@@H](c1c(F)cccc1Cl)CC(=O)N2. The monoisotopic (exact) mass is 365 g/mol. The Kier molecular flexibility index (Phi) is 4.72. The Morgan fingerprint density at radius 1 is 1.12 bits per heavy atom. The fourth-order valence-corrected chi connectivity index (χ4v) is 3.50. The zero-order chi connectivity index (χ0) is 18.1. The fourth-order valence-electron chi connectivity index (χ4n) is 3.21. The topological polar surface area (TPSA) is 56.8 Å². The summed E-state index contributed by atoms with van der Waals surface area (Å²) in [7, 11) is 4.45. The molecule has 1 N–H and O–H groups in total. The Labute approximate surface area is 149 Å². The standard InChI is InChI=1S/C18H17ClFNO4/c1-23-13-8-12-16(18(25-3)17(13)24-2)9(7-14(22)21-12)15-10(19)5-4-6-11(15)20/h4-6,8-9H,7H2,1-3H3,(H,21,22)/t9-/m1/s1. The maximum atomic E-state index is 14.5. The van der Waals surface area contributed by atoms with Crippen molar-refractivity contribution in [2.24, 2.45) is 0 Å². The molecule has 2 aromatic carbocycles. The zero-order valence-corrected chi connectivity index (χ0v) is 14.7. The molecule has 25 heavy (non-hydrogen) atoms. The van der Waals surface area contributed by atoms with Gasteiger partial charge in [0.1, 0.15) is 5.82 Å². The van der Waals surface area contributed by atoms with Crippen molar-refractivity contribution in [3.63, 3.8) is 0 Å². The molecule has 1 aliphatic heterocycles. The highest BCUT2D eigenvalue weighted by Gasteiger charge is 2.35. The number of amides is 1. The molecule has 0 fully saturated rings. The van der Waals surface area contributed by atoms with Crippen LogP contribution in [0.25, 0.3) is 0 Å². The fraction of sp³-hybridized carbons (Fsp3) is 0.278. The highest BCUT2D eigenvalue weighted by atomic mass is 35.5.